The Labute approximate surface area is 216 Å². The molecule has 0 aliphatic carbocycles. The highest BCUT2D eigenvalue weighted by molar-refractivity contribution is 5.91. The molecule has 0 saturated heterocycles. The maximum Gasteiger partial charge on any atom is 0.322 e. The van der Waals surface area contributed by atoms with Crippen LogP contribution in [0.3, 0.4) is 0 Å². The number of carbonyl (C=O) groups excluding carboxylic acids is 1. The number of fused-ring (bicyclic) bond motifs is 3. The summed E-state index contributed by atoms with van der Waals surface area (Å²) in [5, 5.41) is 8.12. The van der Waals surface area contributed by atoms with Gasteiger partial charge in [-0.3, -0.25) is 0 Å². The van der Waals surface area contributed by atoms with E-state index in [1.54, 1.807) is 0 Å². The standard InChI is InChI=1S/C31H29N5O/c1-21-16-17-27(22(2)19-21)32-31(37)35-20-26-23(3)33-36(25-13-8-5-9-14-25)30(26)34-18-10-15-28(34)29(35)24-11-6-4-7-12-24/h4-19,29H,20H2,1-3H3,(H,32,37)/t29-/m0/s1. The Bertz CT molecular complexity index is 1580. The average Bonchev–Trinajstić information content (AvgIpc) is 3.47. The quantitative estimate of drug-likeness (QED) is 0.307. The van der Waals surface area contributed by atoms with E-state index in [4.69, 9.17) is 5.10 Å². The number of nitrogens with zero attached hydrogens (tertiary/aromatic N) is 4. The summed E-state index contributed by atoms with van der Waals surface area (Å²) < 4.78 is 4.17. The minimum Gasteiger partial charge on any atom is -0.308 e. The number of anilines is 1. The van der Waals surface area contributed by atoms with Gasteiger partial charge in [0.25, 0.3) is 0 Å². The van der Waals surface area contributed by atoms with Gasteiger partial charge in [0.05, 0.1) is 29.7 Å². The molecule has 0 saturated carbocycles. The minimum atomic E-state index is -0.280. The topological polar surface area (TPSA) is 55.1 Å². The highest BCUT2D eigenvalue weighted by atomic mass is 16.2. The Morgan fingerprint density at radius 2 is 1.62 bits per heavy atom. The van der Waals surface area contributed by atoms with Gasteiger partial charge in [0, 0.05) is 17.4 Å². The van der Waals surface area contributed by atoms with Crippen molar-refractivity contribution >= 4 is 11.7 Å². The van der Waals surface area contributed by atoms with Gasteiger partial charge in [-0.2, -0.15) is 5.10 Å². The Morgan fingerprint density at radius 3 is 2.35 bits per heavy atom. The molecule has 1 aliphatic rings. The number of carbonyl (C=O) groups is 1. The zero-order chi connectivity index (χ0) is 25.5. The molecule has 5 aromatic rings. The number of hydrogen-bond donors (Lipinski definition) is 1. The van der Waals surface area contributed by atoms with Gasteiger partial charge < -0.3 is 14.8 Å². The van der Waals surface area contributed by atoms with Crippen molar-refractivity contribution in [2.24, 2.45) is 0 Å². The molecule has 1 aliphatic heterocycles. The number of benzene rings is 3. The van der Waals surface area contributed by atoms with Crippen LogP contribution in [0.5, 0.6) is 0 Å². The molecule has 6 nitrogen and oxygen atoms in total. The van der Waals surface area contributed by atoms with Crippen molar-refractivity contribution in [2.45, 2.75) is 33.4 Å². The summed E-state index contributed by atoms with van der Waals surface area (Å²) in [5.74, 6) is 0.964. The molecule has 37 heavy (non-hydrogen) atoms. The fraction of sp³-hybridized carbons (Fsp3) is 0.161. The first-order valence-corrected chi connectivity index (χ1v) is 12.5. The summed E-state index contributed by atoms with van der Waals surface area (Å²) in [4.78, 5) is 16.0. The molecule has 6 rings (SSSR count). The van der Waals surface area contributed by atoms with Crippen LogP contribution in [0.4, 0.5) is 10.5 Å². The third-order valence-electron chi connectivity index (χ3n) is 7.09. The third-order valence-corrected chi connectivity index (χ3v) is 7.09. The predicted octanol–water partition coefficient (Wildman–Crippen LogP) is 6.73. The molecule has 2 aromatic heterocycles. The first-order chi connectivity index (χ1) is 18.0. The third kappa shape index (κ3) is 4.00. The van der Waals surface area contributed by atoms with Crippen molar-refractivity contribution in [3.8, 4) is 11.5 Å². The minimum absolute atomic E-state index is 0.145. The number of urea groups is 1. The second-order valence-electron chi connectivity index (χ2n) is 9.63. The molecule has 0 bridgehead atoms. The summed E-state index contributed by atoms with van der Waals surface area (Å²) in [5.41, 5.74) is 8.00. The van der Waals surface area contributed by atoms with E-state index in [1.165, 1.54) is 5.56 Å². The summed E-state index contributed by atoms with van der Waals surface area (Å²) in [6.07, 6.45) is 2.07. The zero-order valence-electron chi connectivity index (χ0n) is 21.2. The Hall–Kier alpha value is -4.58. The molecule has 0 radical (unpaired) electrons. The highest BCUT2D eigenvalue weighted by Gasteiger charge is 2.36. The number of aryl methyl sites for hydroxylation is 3. The fourth-order valence-corrected chi connectivity index (χ4v) is 5.28. The normalized spacial score (nSPS) is 14.6. The van der Waals surface area contributed by atoms with E-state index in [-0.39, 0.29) is 12.1 Å². The van der Waals surface area contributed by atoms with Gasteiger partial charge in [0.2, 0.25) is 0 Å². The largest absolute Gasteiger partial charge is 0.322 e. The lowest BCUT2D eigenvalue weighted by molar-refractivity contribution is 0.194. The van der Waals surface area contributed by atoms with Crippen LogP contribution >= 0.6 is 0 Å². The monoisotopic (exact) mass is 487 g/mol. The summed E-state index contributed by atoms with van der Waals surface area (Å²) in [7, 11) is 0. The van der Waals surface area contributed by atoms with Crippen molar-refractivity contribution < 1.29 is 4.79 Å². The van der Waals surface area contributed by atoms with Gasteiger partial charge in [0.1, 0.15) is 5.82 Å². The molecule has 0 fully saturated rings. The van der Waals surface area contributed by atoms with Gasteiger partial charge in [-0.1, -0.05) is 66.2 Å². The molecule has 6 heteroatoms. The maximum absolute atomic E-state index is 14.0. The van der Waals surface area contributed by atoms with E-state index in [0.29, 0.717) is 6.54 Å². The molecule has 0 spiro atoms. The first kappa shape index (κ1) is 22.9. The van der Waals surface area contributed by atoms with Crippen LogP contribution in [0.2, 0.25) is 0 Å². The predicted molar refractivity (Wildman–Crippen MR) is 146 cm³/mol. The van der Waals surface area contributed by atoms with Crippen LogP contribution in [0, 0.1) is 20.8 Å². The number of para-hydroxylation sites is 1. The fourth-order valence-electron chi connectivity index (χ4n) is 5.28. The van der Waals surface area contributed by atoms with E-state index in [0.717, 1.165) is 45.3 Å². The molecule has 1 N–H and O–H groups in total. The summed E-state index contributed by atoms with van der Waals surface area (Å²) in [6, 6.07) is 30.2. The van der Waals surface area contributed by atoms with E-state index < -0.39 is 0 Å². The zero-order valence-corrected chi connectivity index (χ0v) is 21.2. The lowest BCUT2D eigenvalue weighted by atomic mass is 10.0. The number of amides is 2. The van der Waals surface area contributed by atoms with Gasteiger partial charge >= 0.3 is 6.03 Å². The number of rotatable bonds is 3. The lowest BCUT2D eigenvalue weighted by Crippen LogP contribution is -2.38. The van der Waals surface area contributed by atoms with E-state index in [9.17, 15) is 4.79 Å². The second-order valence-corrected chi connectivity index (χ2v) is 9.63. The Morgan fingerprint density at radius 1 is 0.892 bits per heavy atom. The van der Waals surface area contributed by atoms with Crippen LogP contribution in [0.15, 0.2) is 97.2 Å². The Kier molecular flexibility index (Phi) is 5.64. The molecular formula is C31H29N5O. The second kappa shape index (κ2) is 9.13. The molecule has 184 valence electrons. The van der Waals surface area contributed by atoms with Crippen LogP contribution in [0.1, 0.15) is 39.7 Å². The molecule has 3 aromatic carbocycles. The lowest BCUT2D eigenvalue weighted by Gasteiger charge is -2.31. The van der Waals surface area contributed by atoms with Crippen molar-refractivity contribution in [1.82, 2.24) is 19.2 Å². The Balaban J connectivity index is 1.53. The van der Waals surface area contributed by atoms with Gasteiger partial charge in [-0.15, -0.1) is 0 Å². The van der Waals surface area contributed by atoms with Gasteiger partial charge in [-0.05, 0) is 62.2 Å². The van der Waals surface area contributed by atoms with Crippen molar-refractivity contribution in [3.05, 3.63) is 131 Å². The molecular weight excluding hydrogens is 458 g/mol. The summed E-state index contributed by atoms with van der Waals surface area (Å²) >= 11 is 0. The molecule has 2 amide bonds. The van der Waals surface area contributed by atoms with Crippen molar-refractivity contribution in [2.75, 3.05) is 5.32 Å². The average molecular weight is 488 g/mol. The van der Waals surface area contributed by atoms with Crippen molar-refractivity contribution in [3.63, 3.8) is 0 Å². The molecule has 0 unspecified atom stereocenters. The number of aromatic nitrogens is 3. The van der Waals surface area contributed by atoms with Gasteiger partial charge in [0.15, 0.2) is 0 Å². The highest BCUT2D eigenvalue weighted by Crippen LogP contribution is 2.38. The SMILES string of the molecule is Cc1ccc(NC(=O)N2Cc3c(C)nn(-c4ccccc4)c3-n3cccc3[C@@H]2c2ccccc2)c(C)c1. The van der Waals surface area contributed by atoms with Crippen LogP contribution < -0.4 is 5.32 Å². The van der Waals surface area contributed by atoms with E-state index in [1.807, 2.05) is 78.0 Å². The van der Waals surface area contributed by atoms with Crippen LogP contribution in [0.25, 0.3) is 11.5 Å². The summed E-state index contributed by atoms with van der Waals surface area (Å²) in [6.45, 7) is 6.52. The first-order valence-electron chi connectivity index (χ1n) is 12.5. The van der Waals surface area contributed by atoms with Gasteiger partial charge in [-0.25, -0.2) is 9.48 Å². The van der Waals surface area contributed by atoms with Crippen LogP contribution in [-0.4, -0.2) is 25.3 Å². The number of hydrogen-bond acceptors (Lipinski definition) is 2. The smallest absolute Gasteiger partial charge is 0.308 e. The van der Waals surface area contributed by atoms with E-state index >= 15 is 0 Å². The van der Waals surface area contributed by atoms with Crippen LogP contribution in [-0.2, 0) is 6.54 Å². The maximum atomic E-state index is 14.0. The van der Waals surface area contributed by atoms with Crippen molar-refractivity contribution in [1.29, 1.82) is 0 Å². The molecule has 1 atom stereocenters. The van der Waals surface area contributed by atoms with E-state index in [2.05, 4.69) is 59.4 Å². The molecule has 3 heterocycles. The number of nitrogens with one attached hydrogen (secondary N) is 1.